The molecule has 3 unspecified atom stereocenters. The van der Waals surface area contributed by atoms with Crippen LogP contribution in [0.3, 0.4) is 0 Å². The maximum Gasteiger partial charge on any atom is 0.176 e. The van der Waals surface area contributed by atoms with Crippen molar-refractivity contribution in [3.05, 3.63) is 0 Å². The zero-order chi connectivity index (χ0) is 18.2. The van der Waals surface area contributed by atoms with Gasteiger partial charge in [-0.2, -0.15) is 0 Å². The summed E-state index contributed by atoms with van der Waals surface area (Å²) in [4.78, 5) is 0. The van der Waals surface area contributed by atoms with E-state index in [1.54, 1.807) is 0 Å². The lowest BCUT2D eigenvalue weighted by atomic mass is 9.44. The molecule has 0 radical (unpaired) electrons. The number of rotatable bonds is 1. The minimum absolute atomic E-state index is 0.251. The molecule has 5 rings (SSSR count). The van der Waals surface area contributed by atoms with Gasteiger partial charge >= 0.3 is 0 Å². The van der Waals surface area contributed by atoms with Crippen LogP contribution in [0.5, 0.6) is 0 Å². The van der Waals surface area contributed by atoms with Crippen molar-refractivity contribution in [2.24, 2.45) is 34.5 Å². The third kappa shape index (κ3) is 2.18. The van der Waals surface area contributed by atoms with Crippen molar-refractivity contribution < 1.29 is 18.8 Å². The van der Waals surface area contributed by atoms with E-state index in [0.29, 0.717) is 48.4 Å². The summed E-state index contributed by atoms with van der Waals surface area (Å²) in [6, 6.07) is 0. The van der Waals surface area contributed by atoms with E-state index in [0.717, 1.165) is 32.1 Å². The molecule has 4 nitrogen and oxygen atoms in total. The lowest BCUT2D eigenvalue weighted by molar-refractivity contribution is -0.279. The highest BCUT2D eigenvalue weighted by Gasteiger charge is 2.70. The van der Waals surface area contributed by atoms with Gasteiger partial charge in [0.05, 0.1) is 30.8 Å². The van der Waals surface area contributed by atoms with Gasteiger partial charge in [0.15, 0.2) is 5.79 Å². The van der Waals surface area contributed by atoms with Crippen molar-refractivity contribution in [1.82, 2.24) is 0 Å². The number of aliphatic hydroxyl groups is 1. The minimum Gasteiger partial charge on any atom is -0.392 e. The van der Waals surface area contributed by atoms with Crippen LogP contribution in [0, 0.1) is 34.5 Å². The molecule has 148 valence electrons. The molecule has 1 spiro atoms. The molecule has 1 N–H and O–H groups in total. The first-order chi connectivity index (χ1) is 12.4. The molecule has 1 saturated heterocycles. The van der Waals surface area contributed by atoms with Gasteiger partial charge < -0.3 is 18.8 Å². The summed E-state index contributed by atoms with van der Waals surface area (Å²) in [7, 11) is 0. The van der Waals surface area contributed by atoms with E-state index in [9.17, 15) is 5.11 Å². The Morgan fingerprint density at radius 1 is 0.962 bits per heavy atom. The second kappa shape index (κ2) is 6.09. The lowest BCUT2D eigenvalue weighted by Gasteiger charge is -2.62. The molecule has 5 heteroatoms. The quantitative estimate of drug-likeness (QED) is 0.532. The van der Waals surface area contributed by atoms with Crippen LogP contribution in [0.4, 0.5) is 0 Å². The summed E-state index contributed by atoms with van der Waals surface area (Å²) >= 11 is 4.09. The number of fused-ring (bicyclic) bond motifs is 6. The SMILES string of the molecule is C[C@]12CC[C@@H](OS)C[C@H]1CCC1C2C[C@H](O)[C@@]2(C)C1CCC21OCCO1. The van der Waals surface area contributed by atoms with Crippen molar-refractivity contribution in [3.63, 3.8) is 0 Å². The lowest BCUT2D eigenvalue weighted by Crippen LogP contribution is -2.62. The Hall–Kier alpha value is 0.190. The number of thiol groups is 1. The van der Waals surface area contributed by atoms with Gasteiger partial charge in [-0.1, -0.05) is 13.8 Å². The Labute approximate surface area is 163 Å². The van der Waals surface area contributed by atoms with E-state index in [4.69, 9.17) is 13.7 Å². The number of ether oxygens (including phenoxy) is 2. The highest BCUT2D eigenvalue weighted by Crippen LogP contribution is 2.69. The zero-order valence-electron chi connectivity index (χ0n) is 16.2. The monoisotopic (exact) mass is 382 g/mol. The zero-order valence-corrected chi connectivity index (χ0v) is 17.0. The van der Waals surface area contributed by atoms with Crippen molar-refractivity contribution in [2.45, 2.75) is 83.2 Å². The molecule has 26 heavy (non-hydrogen) atoms. The summed E-state index contributed by atoms with van der Waals surface area (Å²) in [5, 5.41) is 11.4. The fraction of sp³-hybridized carbons (Fsp3) is 1.00. The van der Waals surface area contributed by atoms with Crippen LogP contribution in [0.25, 0.3) is 0 Å². The van der Waals surface area contributed by atoms with E-state index >= 15 is 0 Å². The van der Waals surface area contributed by atoms with Crippen molar-refractivity contribution in [3.8, 4) is 0 Å². The molecule has 1 aliphatic heterocycles. The van der Waals surface area contributed by atoms with Gasteiger partial charge in [-0.25, -0.2) is 0 Å². The molecular formula is C21H34O4S. The predicted octanol–water partition coefficient (Wildman–Crippen LogP) is 3.97. The summed E-state index contributed by atoms with van der Waals surface area (Å²) in [6.45, 7) is 6.12. The first kappa shape index (κ1) is 18.2. The topological polar surface area (TPSA) is 47.9 Å². The van der Waals surface area contributed by atoms with Crippen LogP contribution in [0.2, 0.25) is 0 Å². The second-order valence-electron chi connectivity index (χ2n) is 10.2. The van der Waals surface area contributed by atoms with Crippen LogP contribution < -0.4 is 0 Å². The summed E-state index contributed by atoms with van der Waals surface area (Å²) < 4.78 is 17.8. The van der Waals surface area contributed by atoms with E-state index in [1.807, 2.05) is 0 Å². The highest BCUT2D eigenvalue weighted by atomic mass is 32.1. The summed E-state index contributed by atoms with van der Waals surface area (Å²) in [5.41, 5.74) is 0.0838. The fourth-order valence-corrected chi connectivity index (χ4v) is 8.37. The Bertz CT molecular complexity index is 564. The molecule has 0 aromatic carbocycles. The maximum absolute atomic E-state index is 11.4. The highest BCUT2D eigenvalue weighted by molar-refractivity contribution is 7.75. The molecule has 4 saturated carbocycles. The van der Waals surface area contributed by atoms with Crippen molar-refractivity contribution >= 4 is 12.9 Å². The van der Waals surface area contributed by atoms with Crippen LogP contribution in [-0.2, 0) is 13.7 Å². The molecule has 0 amide bonds. The Balaban J connectivity index is 1.46. The number of hydrogen-bond donors (Lipinski definition) is 2. The van der Waals surface area contributed by atoms with Crippen molar-refractivity contribution in [2.75, 3.05) is 13.2 Å². The van der Waals surface area contributed by atoms with Gasteiger partial charge in [-0.05, 0) is 86.9 Å². The van der Waals surface area contributed by atoms with Gasteiger partial charge in [0.1, 0.15) is 0 Å². The third-order valence-electron chi connectivity index (χ3n) is 9.66. The molecule has 8 atom stereocenters. The van der Waals surface area contributed by atoms with Gasteiger partial charge in [-0.3, -0.25) is 0 Å². The van der Waals surface area contributed by atoms with E-state index in [-0.39, 0.29) is 11.5 Å². The Morgan fingerprint density at radius 2 is 1.73 bits per heavy atom. The summed E-state index contributed by atoms with van der Waals surface area (Å²) in [6.07, 6.45) is 9.00. The minimum atomic E-state index is -0.530. The standard InChI is InChI=1S/C21H34O4S/c1-19-7-5-14(25-26)11-13(19)3-4-15-16-6-8-21(23-9-10-24-21)20(16,2)18(22)12-17(15)19/h13-18,22,26H,3-12H2,1-2H3/t13-,14-,15?,16?,17?,18+,19+,20-/m1/s1. The van der Waals surface area contributed by atoms with Crippen LogP contribution in [-0.4, -0.2) is 36.3 Å². The fourth-order valence-electron chi connectivity index (χ4n) is 8.17. The van der Waals surface area contributed by atoms with Crippen LogP contribution in [0.1, 0.15) is 65.2 Å². The molecule has 4 aliphatic carbocycles. The second-order valence-corrected chi connectivity index (χ2v) is 10.4. The number of aliphatic hydroxyl groups excluding tert-OH is 1. The van der Waals surface area contributed by atoms with Gasteiger partial charge in [-0.15, -0.1) is 0 Å². The molecule has 0 aromatic rings. The van der Waals surface area contributed by atoms with Gasteiger partial charge in [0, 0.05) is 6.42 Å². The van der Waals surface area contributed by atoms with Gasteiger partial charge in [0.2, 0.25) is 0 Å². The largest absolute Gasteiger partial charge is 0.392 e. The Kier molecular flexibility index (Phi) is 4.27. The van der Waals surface area contributed by atoms with E-state index in [2.05, 4.69) is 26.8 Å². The summed E-state index contributed by atoms with van der Waals surface area (Å²) in [5.74, 6) is 2.01. The molecular weight excluding hydrogens is 348 g/mol. The molecule has 0 aromatic heterocycles. The van der Waals surface area contributed by atoms with Crippen LogP contribution in [0.15, 0.2) is 0 Å². The predicted molar refractivity (Wildman–Crippen MR) is 102 cm³/mol. The average molecular weight is 383 g/mol. The average Bonchev–Trinajstić information content (AvgIpc) is 3.23. The molecule has 5 fully saturated rings. The van der Waals surface area contributed by atoms with Gasteiger partial charge in [0.25, 0.3) is 0 Å². The maximum atomic E-state index is 11.4. The Morgan fingerprint density at radius 3 is 2.46 bits per heavy atom. The normalized spacial score (nSPS) is 55.4. The first-order valence-electron chi connectivity index (χ1n) is 10.7. The van der Waals surface area contributed by atoms with Crippen LogP contribution >= 0.6 is 12.9 Å². The van der Waals surface area contributed by atoms with Crippen molar-refractivity contribution in [1.29, 1.82) is 0 Å². The van der Waals surface area contributed by atoms with E-state index in [1.165, 1.54) is 19.3 Å². The smallest absolute Gasteiger partial charge is 0.176 e. The first-order valence-corrected chi connectivity index (χ1v) is 11.1. The molecule has 5 aliphatic rings. The molecule has 1 heterocycles. The third-order valence-corrected chi connectivity index (χ3v) is 9.96. The molecule has 0 bridgehead atoms. The van der Waals surface area contributed by atoms with E-state index < -0.39 is 5.79 Å². The number of hydrogen-bond acceptors (Lipinski definition) is 5.